The van der Waals surface area contributed by atoms with E-state index < -0.39 is 10.0 Å². The van der Waals surface area contributed by atoms with Gasteiger partial charge in [-0.15, -0.1) is 22.7 Å². The first-order valence-corrected chi connectivity index (χ1v) is 10.2. The van der Waals surface area contributed by atoms with Gasteiger partial charge in [-0.05, 0) is 38.3 Å². The number of hydrogen-bond acceptors (Lipinski definition) is 5. The number of thiazole rings is 1. The maximum absolute atomic E-state index is 12.9. The molecule has 0 N–H and O–H groups in total. The van der Waals surface area contributed by atoms with Crippen LogP contribution in [0.2, 0.25) is 0 Å². The van der Waals surface area contributed by atoms with Gasteiger partial charge in [0.2, 0.25) is 0 Å². The van der Waals surface area contributed by atoms with Gasteiger partial charge in [0, 0.05) is 16.3 Å². The molecule has 1 aliphatic carbocycles. The van der Waals surface area contributed by atoms with Crippen molar-refractivity contribution in [2.75, 3.05) is 0 Å². The Morgan fingerprint density at radius 1 is 1.38 bits per heavy atom. The average molecular weight is 343 g/mol. The molecule has 0 amide bonds. The lowest BCUT2D eigenvalue weighted by molar-refractivity contribution is 0.396. The number of aryl methyl sites for hydroxylation is 2. The number of hydrogen-bond donors (Lipinski definition) is 0. The summed E-state index contributed by atoms with van der Waals surface area (Å²) in [6, 6.07) is 3.79. The Balaban J connectivity index is 1.89. The number of thiophene rings is 1. The van der Waals surface area contributed by atoms with Crippen molar-refractivity contribution in [2.24, 2.45) is 0 Å². The third-order valence-corrected chi connectivity index (χ3v) is 7.90. The lowest BCUT2D eigenvalue weighted by Gasteiger charge is -2.19. The van der Waals surface area contributed by atoms with Gasteiger partial charge in [-0.2, -0.15) is 4.31 Å². The predicted octanol–water partition coefficient (Wildman–Crippen LogP) is 3.43. The zero-order chi connectivity index (χ0) is 15.0. The smallest absolute Gasteiger partial charge is 0.245 e. The minimum atomic E-state index is -3.40. The van der Waals surface area contributed by atoms with E-state index in [1.54, 1.807) is 21.7 Å². The van der Waals surface area contributed by atoms with Crippen molar-refractivity contribution in [1.29, 1.82) is 0 Å². The van der Waals surface area contributed by atoms with Crippen LogP contribution >= 0.6 is 22.7 Å². The van der Waals surface area contributed by atoms with Crippen molar-refractivity contribution in [1.82, 2.24) is 9.29 Å². The summed E-state index contributed by atoms with van der Waals surface area (Å²) in [4.78, 5) is 5.51. The summed E-state index contributed by atoms with van der Waals surface area (Å²) in [5, 5.41) is 2.93. The molecule has 7 heteroatoms. The molecule has 2 aromatic rings. The summed E-state index contributed by atoms with van der Waals surface area (Å²) >= 11 is 2.94. The van der Waals surface area contributed by atoms with Crippen LogP contribution in [-0.2, 0) is 23.0 Å². The van der Waals surface area contributed by atoms with Crippen LogP contribution < -0.4 is 0 Å². The molecule has 2 heterocycles. The van der Waals surface area contributed by atoms with Crippen molar-refractivity contribution < 1.29 is 8.42 Å². The molecule has 0 saturated heterocycles. The van der Waals surface area contributed by atoms with Crippen molar-refractivity contribution in [2.45, 2.75) is 49.9 Å². The van der Waals surface area contributed by atoms with E-state index >= 15 is 0 Å². The van der Waals surface area contributed by atoms with Crippen LogP contribution in [0.5, 0.6) is 0 Å². The van der Waals surface area contributed by atoms with E-state index in [2.05, 4.69) is 4.98 Å². The van der Waals surface area contributed by atoms with Gasteiger partial charge in [-0.25, -0.2) is 13.4 Å². The van der Waals surface area contributed by atoms with Crippen LogP contribution in [0.15, 0.2) is 21.7 Å². The van der Waals surface area contributed by atoms with Gasteiger partial charge in [0.15, 0.2) is 0 Å². The van der Waals surface area contributed by atoms with E-state index in [1.165, 1.54) is 11.3 Å². The van der Waals surface area contributed by atoms with E-state index in [0.717, 1.165) is 34.8 Å². The second kappa shape index (κ2) is 5.79. The average Bonchev–Trinajstić information content (AvgIpc) is 3.00. The Morgan fingerprint density at radius 3 is 2.67 bits per heavy atom. The topological polar surface area (TPSA) is 50.3 Å². The van der Waals surface area contributed by atoms with Crippen LogP contribution in [0.1, 0.15) is 35.3 Å². The van der Waals surface area contributed by atoms with Crippen molar-refractivity contribution in [3.63, 3.8) is 0 Å². The lowest BCUT2D eigenvalue weighted by Crippen LogP contribution is -2.32. The highest BCUT2D eigenvalue weighted by molar-refractivity contribution is 7.91. The quantitative estimate of drug-likeness (QED) is 0.808. The maximum Gasteiger partial charge on any atom is 0.253 e. The molecular formula is C14H18N2O2S3. The molecule has 1 fully saturated rings. The molecule has 0 unspecified atom stereocenters. The van der Waals surface area contributed by atoms with Crippen LogP contribution in [0.3, 0.4) is 0 Å². The number of nitrogens with zero attached hydrogens (tertiary/aromatic N) is 2. The Labute approximate surface area is 133 Å². The molecule has 4 nitrogen and oxygen atoms in total. The maximum atomic E-state index is 12.9. The van der Waals surface area contributed by atoms with E-state index in [9.17, 15) is 8.42 Å². The summed E-state index contributed by atoms with van der Waals surface area (Å²) in [5.41, 5.74) is 0.847. The Bertz CT molecular complexity index is 729. The normalized spacial score (nSPS) is 15.8. The van der Waals surface area contributed by atoms with E-state index in [0.29, 0.717) is 10.8 Å². The van der Waals surface area contributed by atoms with Gasteiger partial charge in [0.25, 0.3) is 10.0 Å². The minimum Gasteiger partial charge on any atom is -0.245 e. The number of sulfonamides is 1. The molecule has 1 aliphatic rings. The summed E-state index contributed by atoms with van der Waals surface area (Å²) in [6.45, 7) is 4.37. The Kier molecular flexibility index (Phi) is 4.18. The molecule has 2 aromatic heterocycles. The molecule has 0 atom stereocenters. The van der Waals surface area contributed by atoms with Gasteiger partial charge in [-0.1, -0.05) is 6.92 Å². The fourth-order valence-corrected chi connectivity index (χ4v) is 5.90. The fraction of sp³-hybridized carbons (Fsp3) is 0.500. The molecule has 21 heavy (non-hydrogen) atoms. The van der Waals surface area contributed by atoms with Gasteiger partial charge in [0.1, 0.15) is 4.21 Å². The monoisotopic (exact) mass is 342 g/mol. The largest absolute Gasteiger partial charge is 0.253 e. The van der Waals surface area contributed by atoms with Crippen LogP contribution in [0, 0.1) is 6.92 Å². The summed E-state index contributed by atoms with van der Waals surface area (Å²) in [5.74, 6) is 0. The van der Waals surface area contributed by atoms with Gasteiger partial charge in [0.05, 0.1) is 17.2 Å². The van der Waals surface area contributed by atoms with E-state index in [1.807, 2.05) is 25.3 Å². The van der Waals surface area contributed by atoms with E-state index in [4.69, 9.17) is 0 Å². The van der Waals surface area contributed by atoms with Gasteiger partial charge >= 0.3 is 0 Å². The second-order valence-corrected chi connectivity index (χ2v) is 9.56. The van der Waals surface area contributed by atoms with Crippen molar-refractivity contribution in [3.05, 3.63) is 33.1 Å². The van der Waals surface area contributed by atoms with Gasteiger partial charge < -0.3 is 0 Å². The molecule has 3 rings (SSSR count). The molecular weight excluding hydrogens is 324 g/mol. The summed E-state index contributed by atoms with van der Waals surface area (Å²) < 4.78 is 27.8. The third-order valence-electron chi connectivity index (χ3n) is 3.49. The Morgan fingerprint density at radius 2 is 2.14 bits per heavy atom. The van der Waals surface area contributed by atoms with Crippen LogP contribution in [0.25, 0.3) is 0 Å². The number of rotatable bonds is 6. The van der Waals surface area contributed by atoms with E-state index in [-0.39, 0.29) is 6.04 Å². The SMILES string of the molecule is CCc1ccc(S(=O)(=O)N(Cc2csc(C)n2)C2CC2)s1. The highest BCUT2D eigenvalue weighted by atomic mass is 32.2. The second-order valence-electron chi connectivity index (χ2n) is 5.21. The zero-order valence-corrected chi connectivity index (χ0v) is 14.5. The fourth-order valence-electron chi connectivity index (χ4n) is 2.22. The molecule has 0 radical (unpaired) electrons. The lowest BCUT2D eigenvalue weighted by atomic mass is 10.4. The summed E-state index contributed by atoms with van der Waals surface area (Å²) in [7, 11) is -3.40. The third kappa shape index (κ3) is 3.21. The van der Waals surface area contributed by atoms with Crippen molar-refractivity contribution in [3.8, 4) is 0 Å². The molecule has 0 aliphatic heterocycles. The van der Waals surface area contributed by atoms with Crippen molar-refractivity contribution >= 4 is 32.7 Å². The molecule has 0 bridgehead atoms. The predicted molar refractivity (Wildman–Crippen MR) is 86.3 cm³/mol. The highest BCUT2D eigenvalue weighted by Gasteiger charge is 2.39. The van der Waals surface area contributed by atoms with Crippen LogP contribution in [0.4, 0.5) is 0 Å². The first-order chi connectivity index (χ1) is 10.0. The molecule has 1 saturated carbocycles. The standard InChI is InChI=1S/C14H18N2O2S3/c1-3-13-6-7-14(20-13)21(17,18)16(12-4-5-12)8-11-9-19-10(2)15-11/h6-7,9,12H,3-5,8H2,1-2H3. The number of aromatic nitrogens is 1. The molecule has 0 aromatic carbocycles. The molecule has 0 spiro atoms. The minimum absolute atomic E-state index is 0.143. The Hall–Kier alpha value is -0.760. The zero-order valence-electron chi connectivity index (χ0n) is 12.1. The van der Waals surface area contributed by atoms with Crippen LogP contribution in [-0.4, -0.2) is 23.7 Å². The first-order valence-electron chi connectivity index (χ1n) is 7.02. The first kappa shape index (κ1) is 15.1. The van der Waals surface area contributed by atoms with Gasteiger partial charge in [-0.3, -0.25) is 0 Å². The summed E-state index contributed by atoms with van der Waals surface area (Å²) in [6.07, 6.45) is 2.78. The molecule has 114 valence electrons. The highest BCUT2D eigenvalue weighted by Crippen LogP contribution is 2.35.